The van der Waals surface area contributed by atoms with Gasteiger partial charge in [-0.1, -0.05) is 12.1 Å². The Morgan fingerprint density at radius 2 is 2.00 bits per heavy atom. The first-order valence-corrected chi connectivity index (χ1v) is 7.34. The highest BCUT2D eigenvalue weighted by molar-refractivity contribution is 5.85. The van der Waals surface area contributed by atoms with Gasteiger partial charge in [0, 0.05) is 24.7 Å². The lowest BCUT2D eigenvalue weighted by Crippen LogP contribution is -2.45. The van der Waals surface area contributed by atoms with E-state index in [2.05, 4.69) is 0 Å². The van der Waals surface area contributed by atoms with E-state index in [-0.39, 0.29) is 30.0 Å². The Balaban J connectivity index is 0.00000242. The standard InChI is InChI=1S/C15H21N3O3.ClH/c16-9-8-13-3-1-2-10-17(13)15(19)11-12-4-6-14(7-5-12)18(20)21;/h4-7,13H,1-3,8-11,16H2;1H. The molecular formula is C15H22ClN3O3. The number of halogens is 1. The molecule has 6 nitrogen and oxygen atoms in total. The maximum atomic E-state index is 12.4. The van der Waals surface area contributed by atoms with E-state index in [1.165, 1.54) is 12.1 Å². The van der Waals surface area contributed by atoms with Crippen molar-refractivity contribution in [3.05, 3.63) is 39.9 Å². The lowest BCUT2D eigenvalue weighted by atomic mass is 9.98. The molecule has 0 aromatic heterocycles. The van der Waals surface area contributed by atoms with Gasteiger partial charge in [0.15, 0.2) is 0 Å². The van der Waals surface area contributed by atoms with E-state index in [0.717, 1.165) is 37.8 Å². The van der Waals surface area contributed by atoms with Crippen molar-refractivity contribution < 1.29 is 9.72 Å². The van der Waals surface area contributed by atoms with Gasteiger partial charge in [0.05, 0.1) is 11.3 Å². The van der Waals surface area contributed by atoms with Crippen molar-refractivity contribution in [1.29, 1.82) is 0 Å². The SMILES string of the molecule is Cl.NCCC1CCCCN1C(=O)Cc1ccc([N+](=O)[O-])cc1. The maximum Gasteiger partial charge on any atom is 0.269 e. The first-order valence-electron chi connectivity index (χ1n) is 7.34. The zero-order valence-electron chi connectivity index (χ0n) is 12.4. The van der Waals surface area contributed by atoms with Crippen LogP contribution in [0, 0.1) is 10.1 Å². The highest BCUT2D eigenvalue weighted by Crippen LogP contribution is 2.21. The van der Waals surface area contributed by atoms with Gasteiger partial charge in [-0.05, 0) is 37.8 Å². The van der Waals surface area contributed by atoms with Crippen LogP contribution in [-0.4, -0.2) is 34.9 Å². The highest BCUT2D eigenvalue weighted by Gasteiger charge is 2.25. The van der Waals surface area contributed by atoms with Gasteiger partial charge in [0.25, 0.3) is 5.69 Å². The normalized spacial score (nSPS) is 17.7. The summed E-state index contributed by atoms with van der Waals surface area (Å²) in [5, 5.41) is 10.6. The lowest BCUT2D eigenvalue weighted by Gasteiger charge is -2.35. The topological polar surface area (TPSA) is 89.5 Å². The monoisotopic (exact) mass is 327 g/mol. The number of carbonyl (C=O) groups excluding carboxylic acids is 1. The third-order valence-electron chi connectivity index (χ3n) is 3.95. The highest BCUT2D eigenvalue weighted by atomic mass is 35.5. The molecule has 0 radical (unpaired) electrons. The number of hydrogen-bond donors (Lipinski definition) is 1. The molecule has 7 heteroatoms. The summed E-state index contributed by atoms with van der Waals surface area (Å²) in [6.07, 6.45) is 4.33. The van der Waals surface area contributed by atoms with Crippen molar-refractivity contribution in [2.24, 2.45) is 5.73 Å². The summed E-state index contributed by atoms with van der Waals surface area (Å²) < 4.78 is 0. The molecule has 1 saturated heterocycles. The molecule has 1 atom stereocenters. The van der Waals surface area contributed by atoms with Crippen molar-refractivity contribution in [3.63, 3.8) is 0 Å². The molecular weight excluding hydrogens is 306 g/mol. The van der Waals surface area contributed by atoms with Crippen molar-refractivity contribution in [2.45, 2.75) is 38.1 Å². The molecule has 2 N–H and O–H groups in total. The van der Waals surface area contributed by atoms with Crippen molar-refractivity contribution >= 4 is 24.0 Å². The van der Waals surface area contributed by atoms with Gasteiger partial charge in [-0.25, -0.2) is 0 Å². The molecule has 0 saturated carbocycles. The van der Waals surface area contributed by atoms with E-state index in [1.54, 1.807) is 12.1 Å². The summed E-state index contributed by atoms with van der Waals surface area (Å²) in [7, 11) is 0. The minimum Gasteiger partial charge on any atom is -0.339 e. The molecule has 1 amide bonds. The van der Waals surface area contributed by atoms with Gasteiger partial charge >= 0.3 is 0 Å². The van der Waals surface area contributed by atoms with Crippen molar-refractivity contribution in [1.82, 2.24) is 4.90 Å². The Morgan fingerprint density at radius 3 is 2.59 bits per heavy atom. The Kier molecular flexibility index (Phi) is 7.27. The maximum absolute atomic E-state index is 12.4. The number of benzene rings is 1. The molecule has 1 heterocycles. The van der Waals surface area contributed by atoms with Gasteiger partial charge in [0.1, 0.15) is 0 Å². The molecule has 22 heavy (non-hydrogen) atoms. The number of rotatable bonds is 5. The number of nitrogens with two attached hydrogens (primary N) is 1. The second-order valence-electron chi connectivity index (χ2n) is 5.41. The fourth-order valence-electron chi connectivity index (χ4n) is 2.83. The van der Waals surface area contributed by atoms with Crippen LogP contribution < -0.4 is 5.73 Å². The Labute approximate surface area is 136 Å². The van der Waals surface area contributed by atoms with E-state index in [4.69, 9.17) is 5.73 Å². The summed E-state index contributed by atoms with van der Waals surface area (Å²) in [6, 6.07) is 6.43. The summed E-state index contributed by atoms with van der Waals surface area (Å²) in [5.74, 6) is 0.0852. The van der Waals surface area contributed by atoms with Crippen LogP contribution in [0.3, 0.4) is 0 Å². The summed E-state index contributed by atoms with van der Waals surface area (Å²) in [5.41, 5.74) is 6.47. The number of piperidine rings is 1. The van der Waals surface area contributed by atoms with Crippen LogP contribution in [0.1, 0.15) is 31.2 Å². The predicted octanol–water partition coefficient (Wildman–Crippen LogP) is 2.29. The quantitative estimate of drug-likeness (QED) is 0.663. The summed E-state index contributed by atoms with van der Waals surface area (Å²) in [6.45, 7) is 1.38. The fraction of sp³-hybridized carbons (Fsp3) is 0.533. The molecule has 1 aliphatic rings. The van der Waals surface area contributed by atoms with E-state index in [0.29, 0.717) is 13.0 Å². The number of carbonyl (C=O) groups is 1. The van der Waals surface area contributed by atoms with Crippen molar-refractivity contribution in [3.8, 4) is 0 Å². The molecule has 1 aromatic carbocycles. The number of nitro groups is 1. The van der Waals surface area contributed by atoms with Crippen LogP contribution in [0.25, 0.3) is 0 Å². The molecule has 1 fully saturated rings. The van der Waals surface area contributed by atoms with Crippen LogP contribution in [0.2, 0.25) is 0 Å². The smallest absolute Gasteiger partial charge is 0.269 e. The number of amides is 1. The lowest BCUT2D eigenvalue weighted by molar-refractivity contribution is -0.384. The van der Waals surface area contributed by atoms with Crippen LogP contribution >= 0.6 is 12.4 Å². The first kappa shape index (κ1) is 18.4. The average molecular weight is 328 g/mol. The van der Waals surface area contributed by atoms with Crippen LogP contribution in [0.15, 0.2) is 24.3 Å². The average Bonchev–Trinajstić information content (AvgIpc) is 2.48. The Morgan fingerprint density at radius 1 is 1.32 bits per heavy atom. The second kappa shape index (κ2) is 8.70. The zero-order chi connectivity index (χ0) is 15.2. The van der Waals surface area contributed by atoms with Crippen LogP contribution in [0.5, 0.6) is 0 Å². The van der Waals surface area contributed by atoms with E-state index in [1.807, 2.05) is 4.90 Å². The minimum atomic E-state index is -0.437. The van der Waals surface area contributed by atoms with E-state index in [9.17, 15) is 14.9 Å². The Bertz CT molecular complexity index is 505. The fourth-order valence-corrected chi connectivity index (χ4v) is 2.83. The second-order valence-corrected chi connectivity index (χ2v) is 5.41. The van der Waals surface area contributed by atoms with Gasteiger partial charge in [-0.15, -0.1) is 12.4 Å². The van der Waals surface area contributed by atoms with Gasteiger partial charge in [0.2, 0.25) is 5.91 Å². The van der Waals surface area contributed by atoms with Crippen LogP contribution in [0.4, 0.5) is 5.69 Å². The molecule has 1 unspecified atom stereocenters. The van der Waals surface area contributed by atoms with Gasteiger partial charge < -0.3 is 10.6 Å². The predicted molar refractivity (Wildman–Crippen MR) is 87.1 cm³/mol. The molecule has 0 bridgehead atoms. The molecule has 1 aromatic rings. The largest absolute Gasteiger partial charge is 0.339 e. The van der Waals surface area contributed by atoms with Crippen molar-refractivity contribution in [2.75, 3.05) is 13.1 Å². The number of hydrogen-bond acceptors (Lipinski definition) is 4. The summed E-state index contributed by atoms with van der Waals surface area (Å²) >= 11 is 0. The molecule has 0 spiro atoms. The molecule has 1 aliphatic heterocycles. The zero-order valence-corrected chi connectivity index (χ0v) is 13.3. The van der Waals surface area contributed by atoms with Gasteiger partial charge in [-0.2, -0.15) is 0 Å². The molecule has 0 aliphatic carbocycles. The minimum absolute atomic E-state index is 0. The molecule has 2 rings (SSSR count). The van der Waals surface area contributed by atoms with Gasteiger partial charge in [-0.3, -0.25) is 14.9 Å². The number of non-ortho nitro benzene ring substituents is 1. The number of nitro benzene ring substituents is 1. The summed E-state index contributed by atoms with van der Waals surface area (Å²) in [4.78, 5) is 24.5. The van der Waals surface area contributed by atoms with E-state index < -0.39 is 4.92 Å². The Hall–Kier alpha value is -1.66. The third-order valence-corrected chi connectivity index (χ3v) is 3.95. The van der Waals surface area contributed by atoms with E-state index >= 15 is 0 Å². The molecule has 122 valence electrons. The number of likely N-dealkylation sites (tertiary alicyclic amines) is 1. The number of nitrogens with zero attached hydrogens (tertiary/aromatic N) is 2. The van der Waals surface area contributed by atoms with Crippen LogP contribution in [-0.2, 0) is 11.2 Å². The first-order chi connectivity index (χ1) is 10.1. The third kappa shape index (κ3) is 4.68.